The number of aromatic amines is 1. The lowest BCUT2D eigenvalue weighted by Gasteiger charge is -2.10. The fourth-order valence-corrected chi connectivity index (χ4v) is 3.58. The van der Waals surface area contributed by atoms with Gasteiger partial charge in [-0.1, -0.05) is 18.2 Å². The number of fused-ring (bicyclic) bond motifs is 1. The SMILES string of the molecule is COc1ccccc1-n1c(=O)[nH]c2nc(NCCc3cccs3)ncc2c1=O. The largest absolute Gasteiger partial charge is 0.495 e. The molecule has 0 spiro atoms. The maximum Gasteiger partial charge on any atom is 0.334 e. The number of thiophene rings is 1. The van der Waals surface area contributed by atoms with Crippen molar-refractivity contribution in [2.45, 2.75) is 6.42 Å². The Labute approximate surface area is 163 Å². The molecule has 9 heteroatoms. The summed E-state index contributed by atoms with van der Waals surface area (Å²) in [5.74, 6) is 0.774. The van der Waals surface area contributed by atoms with Crippen molar-refractivity contribution in [3.05, 3.63) is 73.7 Å². The lowest BCUT2D eigenvalue weighted by molar-refractivity contribution is 0.412. The number of hydrogen-bond donors (Lipinski definition) is 2. The minimum Gasteiger partial charge on any atom is -0.495 e. The van der Waals surface area contributed by atoms with Gasteiger partial charge in [-0.25, -0.2) is 14.3 Å². The number of H-pyrrole nitrogens is 1. The zero-order chi connectivity index (χ0) is 19.5. The number of benzene rings is 1. The Morgan fingerprint density at radius 1 is 1.21 bits per heavy atom. The Hall–Kier alpha value is -3.46. The third-order valence-electron chi connectivity index (χ3n) is 4.21. The topological polar surface area (TPSA) is 102 Å². The van der Waals surface area contributed by atoms with E-state index in [4.69, 9.17) is 4.74 Å². The molecule has 0 saturated carbocycles. The zero-order valence-electron chi connectivity index (χ0n) is 15.0. The Bertz CT molecular complexity index is 1230. The molecule has 0 bridgehead atoms. The summed E-state index contributed by atoms with van der Waals surface area (Å²) in [7, 11) is 1.48. The average Bonchev–Trinajstić information content (AvgIpc) is 3.21. The molecule has 0 saturated heterocycles. The van der Waals surface area contributed by atoms with Crippen LogP contribution in [0.25, 0.3) is 16.7 Å². The molecule has 4 aromatic rings. The summed E-state index contributed by atoms with van der Waals surface area (Å²) < 4.78 is 6.29. The van der Waals surface area contributed by atoms with Gasteiger partial charge in [0.15, 0.2) is 5.65 Å². The van der Waals surface area contributed by atoms with Gasteiger partial charge in [-0.3, -0.25) is 9.78 Å². The fourth-order valence-electron chi connectivity index (χ4n) is 2.87. The summed E-state index contributed by atoms with van der Waals surface area (Å²) in [4.78, 5) is 37.9. The Morgan fingerprint density at radius 3 is 2.86 bits per heavy atom. The number of methoxy groups -OCH3 is 1. The normalized spacial score (nSPS) is 10.9. The highest BCUT2D eigenvalue weighted by atomic mass is 32.1. The Balaban J connectivity index is 1.68. The quantitative estimate of drug-likeness (QED) is 0.519. The predicted molar refractivity (Wildman–Crippen MR) is 109 cm³/mol. The summed E-state index contributed by atoms with van der Waals surface area (Å²) in [5, 5.41) is 5.36. The monoisotopic (exact) mass is 395 g/mol. The van der Waals surface area contributed by atoms with Crippen LogP contribution in [0.5, 0.6) is 5.75 Å². The maximum absolute atomic E-state index is 12.9. The van der Waals surface area contributed by atoms with E-state index in [-0.39, 0.29) is 11.0 Å². The van der Waals surface area contributed by atoms with Crippen LogP contribution >= 0.6 is 11.3 Å². The summed E-state index contributed by atoms with van der Waals surface area (Å²) in [6, 6.07) is 10.9. The van der Waals surface area contributed by atoms with Crippen LogP contribution in [-0.4, -0.2) is 33.2 Å². The molecule has 0 amide bonds. The van der Waals surface area contributed by atoms with Gasteiger partial charge in [0.1, 0.15) is 11.1 Å². The van der Waals surface area contributed by atoms with Crippen molar-refractivity contribution in [1.82, 2.24) is 19.5 Å². The van der Waals surface area contributed by atoms with Gasteiger partial charge < -0.3 is 10.1 Å². The molecule has 1 aromatic carbocycles. The molecule has 142 valence electrons. The van der Waals surface area contributed by atoms with E-state index in [0.29, 0.717) is 23.9 Å². The first-order valence-corrected chi connectivity index (χ1v) is 9.47. The number of para-hydroxylation sites is 2. The van der Waals surface area contributed by atoms with Crippen LogP contribution in [-0.2, 0) is 6.42 Å². The lowest BCUT2D eigenvalue weighted by atomic mass is 10.3. The van der Waals surface area contributed by atoms with Gasteiger partial charge in [0.05, 0.1) is 12.8 Å². The highest BCUT2D eigenvalue weighted by Gasteiger charge is 2.14. The van der Waals surface area contributed by atoms with Crippen molar-refractivity contribution in [1.29, 1.82) is 0 Å². The molecular formula is C19H17N5O3S. The van der Waals surface area contributed by atoms with Gasteiger partial charge in [-0.2, -0.15) is 4.98 Å². The summed E-state index contributed by atoms with van der Waals surface area (Å²) in [5.41, 5.74) is -0.551. The molecule has 3 heterocycles. The van der Waals surface area contributed by atoms with Crippen molar-refractivity contribution in [2.24, 2.45) is 0 Å². The lowest BCUT2D eigenvalue weighted by Crippen LogP contribution is -2.34. The standard InChI is InChI=1S/C19H17N5O3S/c1-27-15-7-3-2-6-14(15)24-17(25)13-11-21-18(22-16(13)23-19(24)26)20-9-8-12-5-4-10-28-12/h2-7,10-11H,8-9H2,1H3,(H2,20,21,22,23,26). The number of hydrogen-bond acceptors (Lipinski definition) is 7. The molecule has 0 aliphatic carbocycles. The Morgan fingerprint density at radius 2 is 2.07 bits per heavy atom. The molecule has 0 atom stereocenters. The molecule has 0 unspecified atom stereocenters. The summed E-state index contributed by atoms with van der Waals surface area (Å²) >= 11 is 1.68. The number of anilines is 1. The molecular weight excluding hydrogens is 378 g/mol. The second-order valence-electron chi connectivity index (χ2n) is 5.95. The number of ether oxygens (including phenoxy) is 1. The van der Waals surface area contributed by atoms with Gasteiger partial charge in [0.2, 0.25) is 5.95 Å². The van der Waals surface area contributed by atoms with E-state index in [1.54, 1.807) is 35.6 Å². The van der Waals surface area contributed by atoms with Crippen molar-refractivity contribution in [3.63, 3.8) is 0 Å². The highest BCUT2D eigenvalue weighted by Crippen LogP contribution is 2.19. The first kappa shape index (κ1) is 17.9. The van der Waals surface area contributed by atoms with Crippen LogP contribution in [0.15, 0.2) is 57.6 Å². The second kappa shape index (κ2) is 7.65. The van der Waals surface area contributed by atoms with E-state index in [0.717, 1.165) is 11.0 Å². The van der Waals surface area contributed by atoms with E-state index >= 15 is 0 Å². The summed E-state index contributed by atoms with van der Waals surface area (Å²) in [6.07, 6.45) is 2.25. The van der Waals surface area contributed by atoms with Gasteiger partial charge in [-0.15, -0.1) is 11.3 Å². The van der Waals surface area contributed by atoms with E-state index < -0.39 is 11.2 Å². The van der Waals surface area contributed by atoms with Gasteiger partial charge in [-0.05, 0) is 30.0 Å². The predicted octanol–water partition coefficient (Wildman–Crippen LogP) is 2.19. The third kappa shape index (κ3) is 3.39. The van der Waals surface area contributed by atoms with Gasteiger partial charge >= 0.3 is 5.69 Å². The number of aromatic nitrogens is 4. The molecule has 0 radical (unpaired) electrons. The van der Waals surface area contributed by atoms with E-state index in [9.17, 15) is 9.59 Å². The maximum atomic E-state index is 12.9. The molecule has 28 heavy (non-hydrogen) atoms. The van der Waals surface area contributed by atoms with E-state index in [2.05, 4.69) is 26.3 Å². The van der Waals surface area contributed by atoms with Crippen molar-refractivity contribution >= 4 is 28.3 Å². The van der Waals surface area contributed by atoms with Crippen LogP contribution in [0.2, 0.25) is 0 Å². The van der Waals surface area contributed by atoms with Crippen LogP contribution in [0, 0.1) is 0 Å². The van der Waals surface area contributed by atoms with Crippen LogP contribution in [0.3, 0.4) is 0 Å². The zero-order valence-corrected chi connectivity index (χ0v) is 15.8. The van der Waals surface area contributed by atoms with Crippen molar-refractivity contribution in [2.75, 3.05) is 19.0 Å². The highest BCUT2D eigenvalue weighted by molar-refractivity contribution is 7.09. The molecule has 0 aliphatic rings. The number of rotatable bonds is 6. The van der Waals surface area contributed by atoms with Crippen molar-refractivity contribution in [3.8, 4) is 11.4 Å². The Kier molecular flexibility index (Phi) is 4.90. The first-order chi connectivity index (χ1) is 13.7. The minimum atomic E-state index is -0.592. The average molecular weight is 395 g/mol. The number of nitrogens with zero attached hydrogens (tertiary/aromatic N) is 3. The fraction of sp³-hybridized carbons (Fsp3) is 0.158. The second-order valence-corrected chi connectivity index (χ2v) is 6.99. The molecule has 3 aromatic heterocycles. The minimum absolute atomic E-state index is 0.190. The van der Waals surface area contributed by atoms with Crippen LogP contribution in [0.4, 0.5) is 5.95 Å². The van der Waals surface area contributed by atoms with Crippen LogP contribution in [0.1, 0.15) is 4.88 Å². The van der Waals surface area contributed by atoms with E-state index in [1.807, 2.05) is 11.4 Å². The smallest absolute Gasteiger partial charge is 0.334 e. The van der Waals surface area contributed by atoms with Crippen molar-refractivity contribution < 1.29 is 4.74 Å². The number of nitrogens with one attached hydrogen (secondary N) is 2. The van der Waals surface area contributed by atoms with Gasteiger partial charge in [0.25, 0.3) is 5.56 Å². The molecule has 4 rings (SSSR count). The molecule has 0 fully saturated rings. The molecule has 8 nitrogen and oxygen atoms in total. The van der Waals surface area contributed by atoms with Crippen LogP contribution < -0.4 is 21.3 Å². The molecule has 2 N–H and O–H groups in total. The van der Waals surface area contributed by atoms with Gasteiger partial charge in [0, 0.05) is 17.6 Å². The van der Waals surface area contributed by atoms with E-state index in [1.165, 1.54) is 18.2 Å². The third-order valence-corrected chi connectivity index (χ3v) is 5.15. The first-order valence-electron chi connectivity index (χ1n) is 8.59. The molecule has 0 aliphatic heterocycles. The summed E-state index contributed by atoms with van der Waals surface area (Å²) in [6.45, 7) is 0.647.